The molecule has 17 unspecified atom stereocenters. The number of likely N-dealkylation sites (tertiary alicyclic amines) is 1. The van der Waals surface area contributed by atoms with Crippen molar-refractivity contribution in [3.05, 3.63) is 0 Å². The molecule has 446 valence electrons. The first-order chi connectivity index (χ1) is 37.3. The molecule has 0 bridgehead atoms. The summed E-state index contributed by atoms with van der Waals surface area (Å²) in [5.41, 5.74) is 7.95. The van der Waals surface area contributed by atoms with Crippen LogP contribution in [0.25, 0.3) is 0 Å². The molecule has 4 heterocycles. The van der Waals surface area contributed by atoms with Crippen LogP contribution in [-0.4, -0.2) is 249 Å². The van der Waals surface area contributed by atoms with Crippen molar-refractivity contribution in [1.82, 2.24) is 26.3 Å². The zero-order valence-electron chi connectivity index (χ0n) is 43.5. The summed E-state index contributed by atoms with van der Waals surface area (Å²) in [6.07, 6.45) is -15.6. The molecule has 79 heavy (non-hydrogen) atoms. The lowest BCUT2D eigenvalue weighted by Crippen LogP contribution is -2.70. The summed E-state index contributed by atoms with van der Waals surface area (Å²) in [4.78, 5) is 114. The third-order valence-corrected chi connectivity index (χ3v) is 14.3. The van der Waals surface area contributed by atoms with Crippen LogP contribution in [0.5, 0.6) is 0 Å². The fourth-order valence-electron chi connectivity index (χ4n) is 9.04. The molecule has 0 aliphatic carbocycles. The van der Waals surface area contributed by atoms with Gasteiger partial charge >= 0.3 is 17.9 Å². The molecular weight excluding hydrogens is 1080 g/mol. The van der Waals surface area contributed by atoms with Crippen molar-refractivity contribution >= 4 is 78.7 Å². The monoisotopic (exact) mass is 1160 g/mol. The first kappa shape index (κ1) is 65.9. The summed E-state index contributed by atoms with van der Waals surface area (Å²) >= 11 is 1.29. The minimum atomic E-state index is -2.83. The third kappa shape index (κ3) is 18.2. The molecule has 0 radical (unpaired) electrons. The largest absolute Gasteiger partial charge is 0.410 e. The van der Waals surface area contributed by atoms with Gasteiger partial charge in [0, 0.05) is 58.4 Å². The van der Waals surface area contributed by atoms with Gasteiger partial charge in [0.2, 0.25) is 41.3 Å². The lowest BCUT2D eigenvalue weighted by atomic mass is 9.87. The second kappa shape index (κ2) is 30.3. The van der Waals surface area contributed by atoms with Crippen LogP contribution in [0.4, 0.5) is 0 Å². The molecular formula is C45H71N8O25S+. The van der Waals surface area contributed by atoms with E-state index in [1.807, 2.05) is 0 Å². The highest BCUT2D eigenvalue weighted by atomic mass is 32.2. The molecule has 4 saturated heterocycles. The maximum Gasteiger partial charge on any atom is 0.332 e. The van der Waals surface area contributed by atoms with Crippen molar-refractivity contribution in [3.63, 3.8) is 0 Å². The zero-order valence-corrected chi connectivity index (χ0v) is 44.3. The van der Waals surface area contributed by atoms with Gasteiger partial charge in [0.25, 0.3) is 19.4 Å². The van der Waals surface area contributed by atoms with Crippen molar-refractivity contribution in [3.8, 4) is 0 Å². The number of rotatable bonds is 31. The van der Waals surface area contributed by atoms with E-state index in [0.717, 1.165) is 31.9 Å². The lowest BCUT2D eigenvalue weighted by molar-refractivity contribution is -0.422. The summed E-state index contributed by atoms with van der Waals surface area (Å²) in [7, 11) is 1.68. The standard InChI is InChI=1S/C45H70N8O25S/c1-22(59)49-35-28(63)12-44(74-20-57,76-30(35)14-48-52-33(65)7-8-53-34(66)10-31(42(53)69)79-9-5-6-32(46)47-4)71-17-26(16-55)39(68)41-37(51-24(3)61)29(64)13-45(78-41,75-21-58)72-18-25(15-54)38(67)40-36(50-23(2)60)27(62)11-43(70,77-40)73-19-56/h14,19-21,25-31,35-41,54-55,62-64,67-68,70H,5-13,15-18H2,1-4H3,(H2,46,47)(H,49,59)(H,50,60)(H,51,61)(H,52,65)/p+1/b48-14-. The SMILES string of the molecule is C[NH+]=C(N)CCCSC1CC(=O)N(CCC(=O)N/N=C\C2OC(OC=O)(OCC(CO)C(O)C3OC(OC=O)(OCC(CO)C(O)C4OC(O)(OC=O)CC(O)C4NC(C)=O)CC(O)C3NC(C)=O)CC(O)C2NC(C)=O)C1=O. The summed E-state index contributed by atoms with van der Waals surface area (Å²) in [6, 6.07) is -4.48. The highest BCUT2D eigenvalue weighted by molar-refractivity contribution is 8.00. The van der Waals surface area contributed by atoms with Crippen LogP contribution < -0.4 is 32.1 Å². The Labute approximate surface area is 455 Å². The van der Waals surface area contributed by atoms with Crippen molar-refractivity contribution in [2.24, 2.45) is 22.7 Å². The van der Waals surface area contributed by atoms with Gasteiger partial charge in [-0.25, -0.2) is 5.43 Å². The topological polar surface area (TPSA) is 493 Å². The average Bonchev–Trinajstić information content (AvgIpc) is 3.65. The molecule has 0 aromatic carbocycles. The quantitative estimate of drug-likeness (QED) is 0.00448. The van der Waals surface area contributed by atoms with E-state index in [9.17, 15) is 84.0 Å². The maximum atomic E-state index is 13.0. The molecule has 17 atom stereocenters. The van der Waals surface area contributed by atoms with Crippen LogP contribution in [0.1, 0.15) is 65.7 Å². The van der Waals surface area contributed by atoms with E-state index in [1.54, 1.807) is 7.05 Å². The van der Waals surface area contributed by atoms with Gasteiger partial charge in [0.05, 0.1) is 113 Å². The van der Waals surface area contributed by atoms with E-state index in [0.29, 0.717) is 24.4 Å². The number of imide groups is 1. The van der Waals surface area contributed by atoms with Crippen LogP contribution in [0.2, 0.25) is 0 Å². The van der Waals surface area contributed by atoms with E-state index in [2.05, 4.69) is 36.2 Å². The zero-order chi connectivity index (χ0) is 58.8. The van der Waals surface area contributed by atoms with Crippen LogP contribution >= 0.6 is 11.8 Å². The van der Waals surface area contributed by atoms with Crippen molar-refractivity contribution in [2.45, 2.75) is 156 Å². The molecule has 0 saturated carbocycles. The Balaban J connectivity index is 1.52. The first-order valence-electron chi connectivity index (χ1n) is 24.7. The average molecular weight is 1160 g/mol. The number of hydrogen-bond donors (Lipinski definition) is 14. The second-order valence-corrected chi connectivity index (χ2v) is 20.1. The number of aliphatic hydroxyl groups excluding tert-OH is 7. The smallest absolute Gasteiger partial charge is 0.332 e. The predicted molar refractivity (Wildman–Crippen MR) is 260 cm³/mol. The summed E-state index contributed by atoms with van der Waals surface area (Å²) in [6.45, 7) is -1.58. The molecule has 0 aromatic rings. The Morgan fingerprint density at radius 2 is 1.28 bits per heavy atom. The molecule has 4 fully saturated rings. The number of hydrogen-bond acceptors (Lipinski definition) is 27. The van der Waals surface area contributed by atoms with Gasteiger partial charge in [-0.2, -0.15) is 5.10 Å². The Morgan fingerprint density at radius 3 is 1.78 bits per heavy atom. The van der Waals surface area contributed by atoms with Crippen LogP contribution in [0.15, 0.2) is 5.10 Å². The van der Waals surface area contributed by atoms with Gasteiger partial charge in [0.15, 0.2) is 0 Å². The number of aliphatic hydroxyl groups is 8. The molecule has 34 heteroatoms. The number of amidine groups is 1. The molecule has 0 spiro atoms. The van der Waals surface area contributed by atoms with Gasteiger partial charge < -0.3 is 94.7 Å². The minimum Gasteiger partial charge on any atom is -0.410 e. The number of hydrazone groups is 1. The van der Waals surface area contributed by atoms with E-state index in [-0.39, 0.29) is 32.4 Å². The number of nitrogens with one attached hydrogen (secondary N) is 5. The highest BCUT2D eigenvalue weighted by Gasteiger charge is 2.57. The molecule has 15 N–H and O–H groups in total. The molecule has 4 aliphatic rings. The summed E-state index contributed by atoms with van der Waals surface area (Å²) in [5, 5.41) is 99.1. The molecule has 4 rings (SSSR count). The van der Waals surface area contributed by atoms with Crippen LogP contribution in [0, 0.1) is 11.8 Å². The van der Waals surface area contributed by atoms with Gasteiger partial charge in [-0.3, -0.25) is 58.8 Å². The van der Waals surface area contributed by atoms with Gasteiger partial charge in [-0.15, -0.1) is 11.8 Å². The highest BCUT2D eigenvalue weighted by Crippen LogP contribution is 2.38. The Hall–Kier alpha value is -5.60. The Bertz CT molecular complexity index is 2190. The summed E-state index contributed by atoms with van der Waals surface area (Å²) < 4.78 is 43.8. The number of thioether (sulfide) groups is 1. The first-order valence-corrected chi connectivity index (χ1v) is 25.8. The van der Waals surface area contributed by atoms with Gasteiger partial charge in [-0.05, 0) is 12.2 Å². The van der Waals surface area contributed by atoms with Crippen LogP contribution in [0.3, 0.4) is 0 Å². The van der Waals surface area contributed by atoms with Crippen molar-refractivity contribution in [2.75, 3.05) is 45.8 Å². The van der Waals surface area contributed by atoms with E-state index in [1.165, 1.54) is 11.8 Å². The Kier molecular flexibility index (Phi) is 25.3. The van der Waals surface area contributed by atoms with Crippen LogP contribution in [-0.2, 0) is 81.0 Å². The molecule has 4 aliphatic heterocycles. The lowest BCUT2D eigenvalue weighted by Gasteiger charge is -2.48. The second-order valence-electron chi connectivity index (χ2n) is 18.8. The maximum absolute atomic E-state index is 13.0. The fourth-order valence-corrected chi connectivity index (χ4v) is 10.2. The van der Waals surface area contributed by atoms with Crippen molar-refractivity contribution in [1.29, 1.82) is 0 Å². The molecule has 6 amide bonds. The number of nitrogens with zero attached hydrogens (tertiary/aromatic N) is 2. The number of carbonyl (C=O) groups excluding carboxylic acids is 9. The Morgan fingerprint density at radius 1 is 0.785 bits per heavy atom. The van der Waals surface area contributed by atoms with E-state index >= 15 is 0 Å². The molecule has 33 nitrogen and oxygen atoms in total. The normalized spacial score (nSPS) is 32.7. The predicted octanol–water partition coefficient (Wildman–Crippen LogP) is -9.40. The van der Waals surface area contributed by atoms with Crippen molar-refractivity contribution < 1.29 is 127 Å². The number of ether oxygens (including phenoxy) is 8. The van der Waals surface area contributed by atoms with Gasteiger partial charge in [0.1, 0.15) is 18.3 Å². The molecule has 0 aromatic heterocycles. The van der Waals surface area contributed by atoms with Gasteiger partial charge in [-0.1, -0.05) is 0 Å². The third-order valence-electron chi connectivity index (χ3n) is 13.0. The number of amides is 6. The van der Waals surface area contributed by atoms with E-state index in [4.69, 9.17) is 38.9 Å². The number of nitrogens with two attached hydrogens (primary N) is 1. The number of carbonyl (C=O) groups is 9. The summed E-state index contributed by atoms with van der Waals surface area (Å²) in [5.74, 6) is -14.3. The fraction of sp³-hybridized carbons (Fsp3) is 0.756. The van der Waals surface area contributed by atoms with E-state index < -0.39 is 190 Å². The minimum absolute atomic E-state index is 0.0564.